The van der Waals surface area contributed by atoms with E-state index in [1.807, 2.05) is 32.9 Å². The first-order chi connectivity index (χ1) is 25.4. The van der Waals surface area contributed by atoms with E-state index in [9.17, 15) is 22.8 Å². The Labute approximate surface area is 311 Å². The molecule has 0 bridgehead atoms. The van der Waals surface area contributed by atoms with Gasteiger partial charge in [0.05, 0.1) is 17.1 Å². The van der Waals surface area contributed by atoms with Crippen LogP contribution >= 0.6 is 11.3 Å². The summed E-state index contributed by atoms with van der Waals surface area (Å²) in [6, 6.07) is 7.66. The van der Waals surface area contributed by atoms with E-state index in [0.717, 1.165) is 16.7 Å². The summed E-state index contributed by atoms with van der Waals surface area (Å²) in [5.74, 6) is -0.774. The number of nitrogens with zero attached hydrogens (tertiary/aromatic N) is 8. The summed E-state index contributed by atoms with van der Waals surface area (Å²) in [4.78, 5) is 54.5. The lowest BCUT2D eigenvalue weighted by molar-refractivity contribution is -0.218. The maximum absolute atomic E-state index is 13.5. The summed E-state index contributed by atoms with van der Waals surface area (Å²) in [5.41, 5.74) is 4.13. The Hall–Kier alpha value is -5.72. The van der Waals surface area contributed by atoms with Crippen LogP contribution in [0.15, 0.2) is 40.9 Å². The molecule has 6 N–H and O–H groups in total. The molecule has 2 atom stereocenters. The molecular formula is C30H36N12O10S2. The van der Waals surface area contributed by atoms with Crippen LogP contribution in [0, 0.1) is 0 Å². The molecular weight excluding hydrogens is 753 g/mol. The summed E-state index contributed by atoms with van der Waals surface area (Å²) >= 11 is 1.01. The van der Waals surface area contributed by atoms with Gasteiger partial charge in [-0.25, -0.2) is 14.8 Å². The quantitative estimate of drug-likeness (QED) is 0.0550. The normalized spacial score (nSPS) is 18.1. The number of oxime groups is 1. The van der Waals surface area contributed by atoms with E-state index in [1.54, 1.807) is 23.1 Å². The Balaban J connectivity index is 1.11. The number of aromatic amines is 1. The molecule has 3 amide bonds. The molecule has 6 rings (SSSR count). The van der Waals surface area contributed by atoms with Crippen molar-refractivity contribution in [2.75, 3.05) is 30.7 Å². The molecule has 2 aliphatic heterocycles. The molecule has 0 saturated carbocycles. The first kappa shape index (κ1) is 38.0. The largest absolute Gasteiger partial charge is 0.489 e. The highest BCUT2D eigenvalue weighted by Crippen LogP contribution is 2.33. The lowest BCUT2D eigenvalue weighted by atomic mass is 9.84. The molecule has 22 nitrogen and oxygen atoms in total. The number of β-lactam (4-membered cyclic amide) rings is 1. The third-order valence-corrected chi connectivity index (χ3v) is 8.98. The van der Waals surface area contributed by atoms with E-state index in [0.29, 0.717) is 35.2 Å². The van der Waals surface area contributed by atoms with Crippen LogP contribution in [0.1, 0.15) is 52.2 Å². The summed E-state index contributed by atoms with van der Waals surface area (Å²) in [6.45, 7) is 9.04. The van der Waals surface area contributed by atoms with Gasteiger partial charge in [0, 0.05) is 23.9 Å². The number of rotatable bonds is 13. The predicted octanol–water partition coefficient (Wildman–Crippen LogP) is 1.20. The van der Waals surface area contributed by atoms with Crippen LogP contribution in [0.25, 0.3) is 10.9 Å². The Bertz CT molecular complexity index is 2180. The second-order valence-electron chi connectivity index (χ2n) is 13.7. The molecule has 2 saturated heterocycles. The standard InChI is InChI=1S/C30H36N12O10S2/c1-29(2,3)50-28(45)41-11-16(12-41)32-21-9-6-15-10-17(7-8-18(15)33-21)49-13-20(24-36-39-40-37-24)51-38-22(19-14-53-27(31)34-19)25(43)35-23-26(44)42(30(23,4)5)52-54(46,47)48/h6-10,14,16,20,23H,11-13H2,1-5H3,(H2,31,34)(H,32,33)(H,35,43)(H,46,47,48)(H,36,37,39,40)/b38-22-. The number of nitrogens with one attached hydrogen (secondary N) is 3. The van der Waals surface area contributed by atoms with Crippen LogP contribution in [-0.2, 0) is 33.8 Å². The van der Waals surface area contributed by atoms with Crippen LogP contribution in [0.2, 0.25) is 0 Å². The van der Waals surface area contributed by atoms with Gasteiger partial charge in [-0.2, -0.15) is 18.7 Å². The fourth-order valence-corrected chi connectivity index (χ4v) is 6.30. The van der Waals surface area contributed by atoms with Crippen LogP contribution in [0.4, 0.5) is 15.7 Å². The number of ether oxygens (including phenoxy) is 2. The zero-order valence-corrected chi connectivity index (χ0v) is 31.0. The zero-order valence-electron chi connectivity index (χ0n) is 29.4. The van der Waals surface area contributed by atoms with E-state index in [2.05, 4.69) is 50.7 Å². The number of carbonyl (C=O) groups is 3. The highest BCUT2D eigenvalue weighted by atomic mass is 32.3. The number of amides is 3. The lowest BCUT2D eigenvalue weighted by Crippen LogP contribution is -2.76. The summed E-state index contributed by atoms with van der Waals surface area (Å²) in [7, 11) is -5.01. The van der Waals surface area contributed by atoms with Gasteiger partial charge in [0.15, 0.2) is 10.8 Å². The average Bonchev–Trinajstić information content (AvgIpc) is 3.76. The maximum atomic E-state index is 13.5. The topological polar surface area (TPSA) is 292 Å². The van der Waals surface area contributed by atoms with Crippen LogP contribution in [0.3, 0.4) is 0 Å². The minimum absolute atomic E-state index is 0.00645. The Morgan fingerprint density at radius 3 is 2.59 bits per heavy atom. The highest BCUT2D eigenvalue weighted by molar-refractivity contribution is 7.80. The summed E-state index contributed by atoms with van der Waals surface area (Å²) in [5, 5.41) is 26.3. The number of thiazole rings is 1. The van der Waals surface area contributed by atoms with Gasteiger partial charge in [-0.05, 0) is 65.0 Å². The number of benzene rings is 1. The van der Waals surface area contributed by atoms with Crippen LogP contribution in [-0.4, -0.2) is 120 Å². The minimum Gasteiger partial charge on any atom is -0.489 e. The molecule has 54 heavy (non-hydrogen) atoms. The third kappa shape index (κ3) is 8.73. The third-order valence-electron chi connectivity index (χ3n) is 7.97. The second kappa shape index (κ2) is 14.6. The SMILES string of the molecule is CC(C)(C)OC(=O)N1CC(Nc2ccc3cc(OCC(O/N=C(\C(=O)NC4C(=O)N(OS(=O)(=O)O)C4(C)C)c4csc(N)n4)c4nn[nH]n4)ccc3n2)C1. The number of hydroxylamine groups is 2. The van der Waals surface area contributed by atoms with Crippen molar-refractivity contribution in [3.8, 4) is 5.75 Å². The fraction of sp³-hybridized carbons (Fsp3) is 0.433. The van der Waals surface area contributed by atoms with E-state index >= 15 is 0 Å². The van der Waals surface area contributed by atoms with Crippen molar-refractivity contribution in [3.63, 3.8) is 0 Å². The number of aromatic nitrogens is 6. The average molecular weight is 789 g/mol. The lowest BCUT2D eigenvalue weighted by Gasteiger charge is -2.50. The van der Waals surface area contributed by atoms with Gasteiger partial charge in [0.1, 0.15) is 35.5 Å². The number of anilines is 2. The molecule has 4 aromatic rings. The van der Waals surface area contributed by atoms with Crippen molar-refractivity contribution in [3.05, 3.63) is 47.2 Å². The van der Waals surface area contributed by atoms with Crippen molar-refractivity contribution in [2.24, 2.45) is 5.16 Å². The maximum Gasteiger partial charge on any atom is 0.418 e. The van der Waals surface area contributed by atoms with E-state index < -0.39 is 51.2 Å². The number of nitrogens with two attached hydrogens (primary N) is 1. The first-order valence-electron chi connectivity index (χ1n) is 16.1. The molecule has 3 aromatic heterocycles. The van der Waals surface area contributed by atoms with Gasteiger partial charge < -0.3 is 35.6 Å². The molecule has 288 valence electrons. The molecule has 1 aromatic carbocycles. The molecule has 2 aliphatic rings. The Morgan fingerprint density at radius 1 is 1.20 bits per heavy atom. The van der Waals surface area contributed by atoms with Crippen molar-refractivity contribution in [2.45, 2.75) is 63.9 Å². The van der Waals surface area contributed by atoms with Gasteiger partial charge in [0.25, 0.3) is 11.8 Å². The molecule has 24 heteroatoms. The van der Waals surface area contributed by atoms with Gasteiger partial charge in [0.2, 0.25) is 11.9 Å². The van der Waals surface area contributed by atoms with Gasteiger partial charge in [-0.3, -0.25) is 14.1 Å². The minimum atomic E-state index is -5.01. The molecule has 0 spiro atoms. The number of fused-ring (bicyclic) bond motifs is 1. The van der Waals surface area contributed by atoms with Gasteiger partial charge >= 0.3 is 16.5 Å². The molecule has 2 unspecified atom stereocenters. The predicted molar refractivity (Wildman–Crippen MR) is 189 cm³/mol. The van der Waals surface area contributed by atoms with E-state index in [4.69, 9.17) is 24.6 Å². The van der Waals surface area contributed by atoms with E-state index in [-0.39, 0.29) is 35.4 Å². The first-order valence-corrected chi connectivity index (χ1v) is 18.4. The van der Waals surface area contributed by atoms with Gasteiger partial charge in [-0.1, -0.05) is 10.4 Å². The Kier molecular flexibility index (Phi) is 10.3. The number of hydrogen-bond donors (Lipinski definition) is 5. The number of H-pyrrole nitrogens is 1. The molecule has 5 heterocycles. The number of carbonyl (C=O) groups excluding carboxylic acids is 3. The van der Waals surface area contributed by atoms with Crippen LogP contribution < -0.4 is 21.1 Å². The molecule has 2 fully saturated rings. The van der Waals surface area contributed by atoms with Crippen molar-refractivity contribution < 1.29 is 45.9 Å². The number of nitrogen functional groups attached to an aromatic ring is 1. The zero-order chi connectivity index (χ0) is 39.0. The van der Waals surface area contributed by atoms with E-state index in [1.165, 1.54) is 19.2 Å². The smallest absolute Gasteiger partial charge is 0.418 e. The van der Waals surface area contributed by atoms with Crippen molar-refractivity contribution in [1.29, 1.82) is 0 Å². The number of likely N-dealkylation sites (tertiary alicyclic amines) is 1. The van der Waals surface area contributed by atoms with Crippen LogP contribution in [0.5, 0.6) is 5.75 Å². The molecule has 0 aliphatic carbocycles. The van der Waals surface area contributed by atoms with Crippen molar-refractivity contribution >= 4 is 67.2 Å². The summed E-state index contributed by atoms with van der Waals surface area (Å²) in [6.07, 6.45) is -1.48. The Morgan fingerprint density at radius 2 is 1.96 bits per heavy atom. The highest BCUT2D eigenvalue weighted by Gasteiger charge is 2.58. The second-order valence-corrected chi connectivity index (χ2v) is 15.6. The molecule has 0 radical (unpaired) electrons. The van der Waals surface area contributed by atoms with Crippen molar-refractivity contribution in [1.82, 2.24) is 45.9 Å². The summed E-state index contributed by atoms with van der Waals surface area (Å²) < 4.78 is 47.2. The number of hydrogen-bond acceptors (Lipinski definition) is 18. The fourth-order valence-electron chi connectivity index (χ4n) is 5.29. The monoisotopic (exact) mass is 788 g/mol. The van der Waals surface area contributed by atoms with Gasteiger partial charge in [-0.15, -0.1) is 25.8 Å². The number of pyridine rings is 1. The number of tetrazole rings is 1.